The largest absolute Gasteiger partial charge is 0.274 e. The van der Waals surface area contributed by atoms with Gasteiger partial charge < -0.3 is 0 Å². The highest BCUT2D eigenvalue weighted by atomic mass is 32.1. The van der Waals surface area contributed by atoms with Crippen LogP contribution in [0.15, 0.2) is 121 Å². The van der Waals surface area contributed by atoms with E-state index in [9.17, 15) is 0 Å². The minimum atomic E-state index is 0.850. The second-order valence-electron chi connectivity index (χ2n) is 12.1. The van der Waals surface area contributed by atoms with Gasteiger partial charge in [-0.1, -0.05) is 109 Å². The van der Waals surface area contributed by atoms with Gasteiger partial charge in [-0.15, -0.1) is 21.5 Å². The molecule has 3 nitrogen and oxygen atoms in total. The topological polar surface area (TPSA) is 30.2 Å². The number of fused-ring (bicyclic) bond motifs is 9. The number of thiophene rings is 1. The van der Waals surface area contributed by atoms with Crippen molar-refractivity contribution in [3.8, 4) is 33.6 Å². The average molecular weight is 596 g/mol. The molecule has 0 saturated carbocycles. The first-order valence-corrected chi connectivity index (χ1v) is 16.2. The Labute approximate surface area is 265 Å². The standard InChI is InChI=1S/C41H29N3S/c1-24-21-25(2)38(26(3)22-24)29-19-20-36-35(23-29)31-9-4-5-11-34(31)41-43-42-40(44(36)41)28-17-15-27(16-18-28)30-12-8-13-33-32-10-6-7-14-37(32)45-39(30)33/h4-23H,1-3H3. The van der Waals surface area contributed by atoms with Crippen molar-refractivity contribution >= 4 is 58.8 Å². The van der Waals surface area contributed by atoms with Crippen LogP contribution >= 0.6 is 11.3 Å². The maximum atomic E-state index is 4.78. The first kappa shape index (κ1) is 26.1. The van der Waals surface area contributed by atoms with Crippen LogP contribution in [0.3, 0.4) is 0 Å². The summed E-state index contributed by atoms with van der Waals surface area (Å²) in [6, 6.07) is 44.1. The molecule has 0 fully saturated rings. The Morgan fingerprint density at radius 3 is 2.00 bits per heavy atom. The van der Waals surface area contributed by atoms with Crippen LogP contribution in [0.2, 0.25) is 0 Å². The van der Waals surface area contributed by atoms with Gasteiger partial charge in [0.2, 0.25) is 0 Å². The number of hydrogen-bond acceptors (Lipinski definition) is 3. The van der Waals surface area contributed by atoms with Gasteiger partial charge in [-0.2, -0.15) is 0 Å². The second kappa shape index (κ2) is 9.85. The summed E-state index contributed by atoms with van der Waals surface area (Å²) < 4.78 is 4.88. The molecule has 0 atom stereocenters. The Bertz CT molecular complexity index is 2600. The molecule has 0 unspecified atom stereocenters. The van der Waals surface area contributed by atoms with E-state index in [1.54, 1.807) is 0 Å². The number of aromatic nitrogens is 3. The predicted octanol–water partition coefficient (Wildman–Crippen LogP) is 11.3. The van der Waals surface area contributed by atoms with E-state index in [1.807, 2.05) is 11.3 Å². The molecule has 9 aromatic rings. The molecule has 3 aromatic heterocycles. The van der Waals surface area contributed by atoms with Gasteiger partial charge in [0.25, 0.3) is 0 Å². The lowest BCUT2D eigenvalue weighted by Crippen LogP contribution is -1.96. The van der Waals surface area contributed by atoms with Crippen LogP contribution in [0, 0.1) is 20.8 Å². The van der Waals surface area contributed by atoms with Crippen LogP contribution in [0.5, 0.6) is 0 Å². The summed E-state index contributed by atoms with van der Waals surface area (Å²) in [5.41, 5.74) is 11.9. The van der Waals surface area contributed by atoms with Crippen LogP contribution in [0.25, 0.3) is 81.1 Å². The van der Waals surface area contributed by atoms with E-state index < -0.39 is 0 Å². The molecule has 4 heteroatoms. The molecule has 45 heavy (non-hydrogen) atoms. The molecule has 9 rings (SSSR count). The second-order valence-corrected chi connectivity index (χ2v) is 13.1. The zero-order valence-electron chi connectivity index (χ0n) is 25.3. The van der Waals surface area contributed by atoms with Crippen LogP contribution in [-0.4, -0.2) is 14.6 Å². The molecular weight excluding hydrogens is 567 g/mol. The van der Waals surface area contributed by atoms with Crippen LogP contribution in [0.4, 0.5) is 0 Å². The van der Waals surface area contributed by atoms with Crippen LogP contribution in [0.1, 0.15) is 16.7 Å². The molecule has 0 radical (unpaired) electrons. The molecule has 0 bridgehead atoms. The zero-order chi connectivity index (χ0) is 30.2. The summed E-state index contributed by atoms with van der Waals surface area (Å²) in [5, 5.41) is 15.7. The van der Waals surface area contributed by atoms with Gasteiger partial charge in [0.05, 0.1) is 5.52 Å². The Morgan fingerprint density at radius 2 is 1.20 bits per heavy atom. The zero-order valence-corrected chi connectivity index (χ0v) is 26.1. The van der Waals surface area contributed by atoms with Crippen molar-refractivity contribution in [1.82, 2.24) is 14.6 Å². The van der Waals surface area contributed by atoms with Crippen molar-refractivity contribution in [3.63, 3.8) is 0 Å². The van der Waals surface area contributed by atoms with Crippen LogP contribution in [-0.2, 0) is 0 Å². The minimum Gasteiger partial charge on any atom is -0.274 e. The van der Waals surface area contributed by atoms with Gasteiger partial charge in [-0.25, -0.2) is 0 Å². The molecule has 0 aliphatic carbocycles. The molecule has 0 saturated heterocycles. The third-order valence-electron chi connectivity index (χ3n) is 9.18. The SMILES string of the molecule is Cc1cc(C)c(-c2ccc3c(c2)c2ccccc2c2nnc(-c4ccc(-c5cccc6c5sc5ccccc56)cc4)n32)c(C)c1. The van der Waals surface area contributed by atoms with E-state index in [0.717, 1.165) is 27.9 Å². The summed E-state index contributed by atoms with van der Waals surface area (Å²) in [7, 11) is 0. The van der Waals surface area contributed by atoms with Gasteiger partial charge in [0.1, 0.15) is 0 Å². The van der Waals surface area contributed by atoms with E-state index >= 15 is 0 Å². The third-order valence-corrected chi connectivity index (χ3v) is 10.4. The molecule has 3 heterocycles. The first-order valence-electron chi connectivity index (χ1n) is 15.3. The normalized spacial score (nSPS) is 11.9. The number of pyridine rings is 1. The van der Waals surface area contributed by atoms with Gasteiger partial charge in [-0.05, 0) is 77.7 Å². The third kappa shape index (κ3) is 3.96. The first-order chi connectivity index (χ1) is 22.0. The fourth-order valence-electron chi connectivity index (χ4n) is 7.30. The van der Waals surface area contributed by atoms with Crippen molar-refractivity contribution in [2.24, 2.45) is 0 Å². The fourth-order valence-corrected chi connectivity index (χ4v) is 8.54. The van der Waals surface area contributed by atoms with Crippen molar-refractivity contribution in [2.75, 3.05) is 0 Å². The van der Waals surface area contributed by atoms with E-state index in [-0.39, 0.29) is 0 Å². The minimum absolute atomic E-state index is 0.850. The van der Waals surface area contributed by atoms with Crippen molar-refractivity contribution < 1.29 is 0 Å². The molecule has 6 aromatic carbocycles. The summed E-state index contributed by atoms with van der Waals surface area (Å²) in [4.78, 5) is 0. The predicted molar refractivity (Wildman–Crippen MR) is 191 cm³/mol. The Morgan fingerprint density at radius 1 is 0.533 bits per heavy atom. The van der Waals surface area contributed by atoms with Gasteiger partial charge in [-0.3, -0.25) is 4.40 Å². The lowest BCUT2D eigenvalue weighted by atomic mass is 9.92. The van der Waals surface area contributed by atoms with E-state index in [4.69, 9.17) is 10.2 Å². The summed E-state index contributed by atoms with van der Waals surface area (Å²) in [6.45, 7) is 6.59. The lowest BCUT2D eigenvalue weighted by Gasteiger charge is -2.15. The Balaban J connectivity index is 1.23. The van der Waals surface area contributed by atoms with E-state index in [2.05, 4.69) is 146 Å². The Kier molecular flexibility index (Phi) is 5.71. The number of nitrogens with zero attached hydrogens (tertiary/aromatic N) is 3. The van der Waals surface area contributed by atoms with Crippen molar-refractivity contribution in [1.29, 1.82) is 0 Å². The molecule has 0 amide bonds. The number of rotatable bonds is 3. The molecular formula is C41H29N3S. The number of benzene rings is 6. The highest BCUT2D eigenvalue weighted by molar-refractivity contribution is 7.26. The monoisotopic (exact) mass is 595 g/mol. The van der Waals surface area contributed by atoms with Crippen molar-refractivity contribution in [2.45, 2.75) is 20.8 Å². The van der Waals surface area contributed by atoms with Gasteiger partial charge >= 0.3 is 0 Å². The lowest BCUT2D eigenvalue weighted by molar-refractivity contribution is 1.12. The molecule has 0 aliphatic rings. The molecule has 0 N–H and O–H groups in total. The molecule has 214 valence electrons. The molecule has 0 aliphatic heterocycles. The average Bonchev–Trinajstić information content (AvgIpc) is 3.67. The number of hydrogen-bond donors (Lipinski definition) is 0. The highest BCUT2D eigenvalue weighted by Crippen LogP contribution is 2.41. The number of aryl methyl sites for hydroxylation is 3. The fraction of sp³-hybridized carbons (Fsp3) is 0.0732. The van der Waals surface area contributed by atoms with E-state index in [1.165, 1.54) is 69.9 Å². The van der Waals surface area contributed by atoms with E-state index in [0.29, 0.717) is 0 Å². The summed E-state index contributed by atoms with van der Waals surface area (Å²) in [5.74, 6) is 0.850. The maximum Gasteiger partial charge on any atom is 0.169 e. The summed E-state index contributed by atoms with van der Waals surface area (Å²) >= 11 is 1.86. The van der Waals surface area contributed by atoms with Gasteiger partial charge in [0.15, 0.2) is 11.5 Å². The van der Waals surface area contributed by atoms with Gasteiger partial charge in [0, 0.05) is 36.5 Å². The van der Waals surface area contributed by atoms with Crippen molar-refractivity contribution in [3.05, 3.63) is 138 Å². The van der Waals surface area contributed by atoms with Crippen LogP contribution < -0.4 is 0 Å². The maximum absolute atomic E-state index is 4.78. The Hall–Kier alpha value is -5.32. The molecule has 0 spiro atoms. The quantitative estimate of drug-likeness (QED) is 0.190. The smallest absolute Gasteiger partial charge is 0.169 e. The highest BCUT2D eigenvalue weighted by Gasteiger charge is 2.18. The summed E-state index contributed by atoms with van der Waals surface area (Å²) in [6.07, 6.45) is 0.